The third-order valence-electron chi connectivity index (χ3n) is 3.77. The SMILES string of the molecule is C[C@@H]1CCCN(C(=O)C2(C#N)CCC2)C1. The Hall–Kier alpha value is -1.04. The number of rotatable bonds is 1. The molecule has 0 aromatic carbocycles. The van der Waals surface area contributed by atoms with E-state index in [4.69, 9.17) is 5.26 Å². The fraction of sp³-hybridized carbons (Fsp3) is 0.833. The predicted octanol–water partition coefficient (Wildman–Crippen LogP) is 1.94. The lowest BCUT2D eigenvalue weighted by Crippen LogP contribution is -2.50. The van der Waals surface area contributed by atoms with E-state index in [0.717, 1.165) is 38.8 Å². The fourth-order valence-corrected chi connectivity index (χ4v) is 2.58. The van der Waals surface area contributed by atoms with Gasteiger partial charge in [0.15, 0.2) is 0 Å². The highest BCUT2D eigenvalue weighted by Crippen LogP contribution is 2.42. The minimum Gasteiger partial charge on any atom is -0.341 e. The van der Waals surface area contributed by atoms with Crippen molar-refractivity contribution in [3.05, 3.63) is 0 Å². The molecule has 1 saturated heterocycles. The minimum atomic E-state index is -0.642. The quantitative estimate of drug-likeness (QED) is 0.658. The molecule has 1 atom stereocenters. The molecular formula is C12H18N2O. The summed E-state index contributed by atoms with van der Waals surface area (Å²) in [6.07, 6.45) is 4.88. The Kier molecular flexibility index (Phi) is 2.68. The molecule has 0 spiro atoms. The zero-order chi connectivity index (χ0) is 10.9. The van der Waals surface area contributed by atoms with Crippen LogP contribution in [0.4, 0.5) is 0 Å². The summed E-state index contributed by atoms with van der Waals surface area (Å²) >= 11 is 0. The zero-order valence-corrected chi connectivity index (χ0v) is 9.33. The molecule has 0 N–H and O–H groups in total. The molecule has 15 heavy (non-hydrogen) atoms. The van der Waals surface area contributed by atoms with Crippen molar-refractivity contribution < 1.29 is 4.79 Å². The molecule has 3 heteroatoms. The normalized spacial score (nSPS) is 29.1. The number of amides is 1. The highest BCUT2D eigenvalue weighted by atomic mass is 16.2. The van der Waals surface area contributed by atoms with Gasteiger partial charge in [-0.3, -0.25) is 4.79 Å². The van der Waals surface area contributed by atoms with Crippen LogP contribution in [-0.2, 0) is 4.79 Å². The van der Waals surface area contributed by atoms with E-state index in [9.17, 15) is 4.79 Å². The first kappa shape index (κ1) is 10.5. The molecule has 1 amide bonds. The second-order valence-corrected chi connectivity index (χ2v) is 5.05. The number of nitriles is 1. The molecule has 0 radical (unpaired) electrons. The molecule has 2 aliphatic rings. The van der Waals surface area contributed by atoms with Crippen LogP contribution in [0.3, 0.4) is 0 Å². The van der Waals surface area contributed by atoms with E-state index in [0.29, 0.717) is 5.92 Å². The highest BCUT2D eigenvalue weighted by Gasteiger charge is 2.47. The second kappa shape index (κ2) is 3.84. The Labute approximate surface area is 91.1 Å². The van der Waals surface area contributed by atoms with E-state index in [1.807, 2.05) is 4.90 Å². The summed E-state index contributed by atoms with van der Waals surface area (Å²) in [5.74, 6) is 0.696. The van der Waals surface area contributed by atoms with Crippen LogP contribution >= 0.6 is 0 Å². The van der Waals surface area contributed by atoms with Gasteiger partial charge < -0.3 is 4.90 Å². The van der Waals surface area contributed by atoms with Gasteiger partial charge in [-0.05, 0) is 38.0 Å². The highest BCUT2D eigenvalue weighted by molar-refractivity contribution is 5.86. The first-order chi connectivity index (χ1) is 7.18. The lowest BCUT2D eigenvalue weighted by Gasteiger charge is -2.40. The number of piperidine rings is 1. The smallest absolute Gasteiger partial charge is 0.243 e. The first-order valence-corrected chi connectivity index (χ1v) is 5.88. The lowest BCUT2D eigenvalue weighted by molar-refractivity contribution is -0.144. The number of likely N-dealkylation sites (tertiary alicyclic amines) is 1. The van der Waals surface area contributed by atoms with Crippen LogP contribution in [-0.4, -0.2) is 23.9 Å². The standard InChI is InChI=1S/C12H18N2O/c1-10-4-2-7-14(8-10)11(15)12(9-13)5-3-6-12/h10H,2-8H2,1H3/t10-/m1/s1. The molecule has 1 aliphatic heterocycles. The van der Waals surface area contributed by atoms with Crippen LogP contribution in [0.25, 0.3) is 0 Å². The Bertz CT molecular complexity index is 301. The maximum atomic E-state index is 12.2. The summed E-state index contributed by atoms with van der Waals surface area (Å²) < 4.78 is 0. The maximum Gasteiger partial charge on any atom is 0.243 e. The van der Waals surface area contributed by atoms with Crippen molar-refractivity contribution in [1.29, 1.82) is 5.26 Å². The molecule has 3 nitrogen and oxygen atoms in total. The molecule has 2 rings (SSSR count). The van der Waals surface area contributed by atoms with E-state index >= 15 is 0 Å². The third kappa shape index (κ3) is 1.73. The van der Waals surface area contributed by atoms with Gasteiger partial charge in [0.2, 0.25) is 5.91 Å². The lowest BCUT2D eigenvalue weighted by atomic mass is 9.68. The van der Waals surface area contributed by atoms with Crippen molar-refractivity contribution in [2.75, 3.05) is 13.1 Å². The predicted molar refractivity (Wildman–Crippen MR) is 56.9 cm³/mol. The summed E-state index contributed by atoms with van der Waals surface area (Å²) in [4.78, 5) is 14.1. The van der Waals surface area contributed by atoms with Gasteiger partial charge in [-0.2, -0.15) is 5.26 Å². The Morgan fingerprint density at radius 1 is 1.47 bits per heavy atom. The van der Waals surface area contributed by atoms with Crippen molar-refractivity contribution in [3.63, 3.8) is 0 Å². The Morgan fingerprint density at radius 3 is 2.67 bits per heavy atom. The molecule has 2 fully saturated rings. The molecule has 0 bridgehead atoms. The minimum absolute atomic E-state index is 0.0998. The second-order valence-electron chi connectivity index (χ2n) is 5.05. The van der Waals surface area contributed by atoms with Crippen LogP contribution in [0.2, 0.25) is 0 Å². The zero-order valence-electron chi connectivity index (χ0n) is 9.33. The Morgan fingerprint density at radius 2 is 2.20 bits per heavy atom. The molecule has 82 valence electrons. The largest absolute Gasteiger partial charge is 0.341 e. The van der Waals surface area contributed by atoms with Crippen LogP contribution in [0.5, 0.6) is 0 Å². The van der Waals surface area contributed by atoms with Crippen molar-refractivity contribution >= 4 is 5.91 Å². The van der Waals surface area contributed by atoms with Crippen LogP contribution in [0, 0.1) is 22.7 Å². The molecule has 0 aromatic rings. The fourth-order valence-electron chi connectivity index (χ4n) is 2.58. The molecule has 0 aromatic heterocycles. The number of nitrogens with zero attached hydrogens (tertiary/aromatic N) is 2. The van der Waals surface area contributed by atoms with Crippen molar-refractivity contribution in [1.82, 2.24) is 4.90 Å². The van der Waals surface area contributed by atoms with Gasteiger partial charge in [-0.15, -0.1) is 0 Å². The summed E-state index contributed by atoms with van der Waals surface area (Å²) in [5.41, 5.74) is -0.642. The molecule has 1 saturated carbocycles. The van der Waals surface area contributed by atoms with Crippen molar-refractivity contribution in [3.8, 4) is 6.07 Å². The first-order valence-electron chi connectivity index (χ1n) is 5.88. The molecular weight excluding hydrogens is 188 g/mol. The van der Waals surface area contributed by atoms with E-state index in [-0.39, 0.29) is 5.91 Å². The average molecular weight is 206 g/mol. The van der Waals surface area contributed by atoms with Gasteiger partial charge in [-0.1, -0.05) is 6.92 Å². The van der Waals surface area contributed by atoms with E-state index < -0.39 is 5.41 Å². The van der Waals surface area contributed by atoms with Gasteiger partial charge in [0, 0.05) is 13.1 Å². The van der Waals surface area contributed by atoms with E-state index in [2.05, 4.69) is 13.0 Å². The summed E-state index contributed by atoms with van der Waals surface area (Å²) in [7, 11) is 0. The topological polar surface area (TPSA) is 44.1 Å². The molecule has 1 aliphatic carbocycles. The average Bonchev–Trinajstić information content (AvgIpc) is 2.17. The Balaban J connectivity index is 2.04. The summed E-state index contributed by atoms with van der Waals surface area (Å²) in [6.45, 7) is 3.88. The van der Waals surface area contributed by atoms with Gasteiger partial charge in [0.25, 0.3) is 0 Å². The number of carbonyl (C=O) groups excluding carboxylic acids is 1. The molecule has 0 unspecified atom stereocenters. The van der Waals surface area contributed by atoms with Crippen LogP contribution in [0.1, 0.15) is 39.0 Å². The van der Waals surface area contributed by atoms with E-state index in [1.165, 1.54) is 6.42 Å². The molecule has 1 heterocycles. The maximum absolute atomic E-state index is 12.2. The van der Waals surface area contributed by atoms with Crippen molar-refractivity contribution in [2.45, 2.75) is 39.0 Å². The third-order valence-corrected chi connectivity index (χ3v) is 3.77. The van der Waals surface area contributed by atoms with Crippen LogP contribution in [0.15, 0.2) is 0 Å². The van der Waals surface area contributed by atoms with Gasteiger partial charge in [0.1, 0.15) is 5.41 Å². The number of hydrogen-bond donors (Lipinski definition) is 0. The van der Waals surface area contributed by atoms with Crippen molar-refractivity contribution in [2.24, 2.45) is 11.3 Å². The summed E-state index contributed by atoms with van der Waals surface area (Å²) in [6, 6.07) is 2.24. The van der Waals surface area contributed by atoms with Gasteiger partial charge in [-0.25, -0.2) is 0 Å². The van der Waals surface area contributed by atoms with Gasteiger partial charge >= 0.3 is 0 Å². The van der Waals surface area contributed by atoms with E-state index in [1.54, 1.807) is 0 Å². The number of hydrogen-bond acceptors (Lipinski definition) is 2. The number of carbonyl (C=O) groups is 1. The van der Waals surface area contributed by atoms with Gasteiger partial charge in [0.05, 0.1) is 6.07 Å². The van der Waals surface area contributed by atoms with Crippen LogP contribution < -0.4 is 0 Å². The summed E-state index contributed by atoms with van der Waals surface area (Å²) in [5, 5.41) is 9.11. The monoisotopic (exact) mass is 206 g/mol.